The summed E-state index contributed by atoms with van der Waals surface area (Å²) in [6.45, 7) is 9.47. The van der Waals surface area contributed by atoms with E-state index in [2.05, 4.69) is 47.3 Å². The summed E-state index contributed by atoms with van der Waals surface area (Å²) in [5.74, 6) is 0. The highest BCUT2D eigenvalue weighted by atomic mass is 16.2. The predicted molar refractivity (Wildman–Crippen MR) is 96.5 cm³/mol. The van der Waals surface area contributed by atoms with Gasteiger partial charge in [0.15, 0.2) is 0 Å². The van der Waals surface area contributed by atoms with Gasteiger partial charge in [0, 0.05) is 48.8 Å². The normalized spacial score (nSPS) is 14.1. The summed E-state index contributed by atoms with van der Waals surface area (Å²) < 4.78 is 2.05. The molecule has 0 atom stereocenters. The summed E-state index contributed by atoms with van der Waals surface area (Å²) in [5, 5.41) is 10.8. The van der Waals surface area contributed by atoms with Gasteiger partial charge in [-0.25, -0.2) is 4.79 Å². The first kappa shape index (κ1) is 16.4. The van der Waals surface area contributed by atoms with E-state index >= 15 is 0 Å². The second kappa shape index (κ2) is 6.95. The van der Waals surface area contributed by atoms with E-state index in [9.17, 15) is 4.79 Å². The molecule has 2 heterocycles. The van der Waals surface area contributed by atoms with Crippen LogP contribution < -0.4 is 15.5 Å². The van der Waals surface area contributed by atoms with Crippen molar-refractivity contribution in [2.24, 2.45) is 0 Å². The molecule has 6 heteroatoms. The summed E-state index contributed by atoms with van der Waals surface area (Å²) in [5.41, 5.74) is 5.59. The smallest absolute Gasteiger partial charge is 0.321 e. The molecule has 1 saturated heterocycles. The first-order chi connectivity index (χ1) is 11.6. The van der Waals surface area contributed by atoms with Gasteiger partial charge in [0.2, 0.25) is 0 Å². The summed E-state index contributed by atoms with van der Waals surface area (Å²) in [4.78, 5) is 13.5. The van der Waals surface area contributed by atoms with E-state index in [0.717, 1.165) is 43.0 Å². The molecule has 0 aliphatic carbocycles. The average Bonchev–Trinajstić information content (AvgIpc) is 3.14. The summed E-state index contributed by atoms with van der Waals surface area (Å²) in [7, 11) is 0. The van der Waals surface area contributed by atoms with Crippen LogP contribution in [0.4, 0.5) is 16.2 Å². The number of amides is 2. The summed E-state index contributed by atoms with van der Waals surface area (Å²) in [6, 6.07) is 6.07. The third-order valence-corrected chi connectivity index (χ3v) is 4.49. The zero-order valence-electron chi connectivity index (χ0n) is 14.6. The monoisotopic (exact) mass is 327 g/mol. The number of hydrogen-bond donors (Lipinski definition) is 2. The second-order valence-corrected chi connectivity index (χ2v) is 6.21. The van der Waals surface area contributed by atoms with E-state index in [4.69, 9.17) is 0 Å². The maximum absolute atomic E-state index is 11.8. The van der Waals surface area contributed by atoms with Gasteiger partial charge < -0.3 is 10.6 Å². The van der Waals surface area contributed by atoms with E-state index in [1.807, 2.05) is 18.3 Å². The van der Waals surface area contributed by atoms with Gasteiger partial charge in [-0.1, -0.05) is 6.92 Å². The molecule has 2 N–H and O–H groups in total. The highest BCUT2D eigenvalue weighted by Gasteiger charge is 2.21. The number of nitrogens with zero attached hydrogens (tertiary/aromatic N) is 3. The molecule has 0 radical (unpaired) electrons. The molecule has 0 saturated carbocycles. The Labute approximate surface area is 142 Å². The SMILES string of the molecule is CCCn1ncc(CNc2ccc(N3CCNC3=O)cc2C)c1C. The lowest BCUT2D eigenvalue weighted by atomic mass is 10.1. The molecule has 1 aromatic heterocycles. The number of aromatic nitrogens is 2. The Morgan fingerprint density at radius 1 is 1.33 bits per heavy atom. The molecule has 1 fully saturated rings. The first-order valence-corrected chi connectivity index (χ1v) is 8.51. The second-order valence-electron chi connectivity index (χ2n) is 6.21. The standard InChI is InChI=1S/C18H25N5O/c1-4-8-23-14(3)15(12-21-23)11-20-17-6-5-16(10-13(17)2)22-9-7-19-18(22)24/h5-6,10,12,20H,4,7-9,11H2,1-3H3,(H,19,24). The van der Waals surface area contributed by atoms with Gasteiger partial charge in [-0.3, -0.25) is 9.58 Å². The maximum Gasteiger partial charge on any atom is 0.321 e. The average molecular weight is 327 g/mol. The molecule has 0 bridgehead atoms. The van der Waals surface area contributed by atoms with Crippen LogP contribution >= 0.6 is 0 Å². The maximum atomic E-state index is 11.8. The van der Waals surface area contributed by atoms with Crippen LogP contribution in [0.25, 0.3) is 0 Å². The van der Waals surface area contributed by atoms with Gasteiger partial charge in [-0.05, 0) is 44.0 Å². The number of anilines is 2. The molecule has 6 nitrogen and oxygen atoms in total. The van der Waals surface area contributed by atoms with Crippen LogP contribution in [0.1, 0.15) is 30.2 Å². The zero-order chi connectivity index (χ0) is 17.1. The van der Waals surface area contributed by atoms with Gasteiger partial charge >= 0.3 is 6.03 Å². The number of hydrogen-bond acceptors (Lipinski definition) is 3. The topological polar surface area (TPSA) is 62.2 Å². The van der Waals surface area contributed by atoms with Crippen LogP contribution in [0.15, 0.2) is 24.4 Å². The van der Waals surface area contributed by atoms with Gasteiger partial charge in [0.05, 0.1) is 6.20 Å². The molecular weight excluding hydrogens is 302 g/mol. The van der Waals surface area contributed by atoms with Crippen molar-refractivity contribution in [2.75, 3.05) is 23.3 Å². The molecule has 2 aromatic rings. The van der Waals surface area contributed by atoms with E-state index in [1.165, 1.54) is 11.3 Å². The van der Waals surface area contributed by atoms with Gasteiger partial charge in [0.25, 0.3) is 0 Å². The third kappa shape index (κ3) is 3.22. The number of rotatable bonds is 6. The van der Waals surface area contributed by atoms with Crippen LogP contribution in [0, 0.1) is 13.8 Å². The molecule has 1 aliphatic rings. The van der Waals surface area contributed by atoms with Gasteiger partial charge in [-0.2, -0.15) is 5.10 Å². The molecule has 0 spiro atoms. The molecule has 2 amide bonds. The predicted octanol–water partition coefficient (Wildman–Crippen LogP) is 3.05. The summed E-state index contributed by atoms with van der Waals surface area (Å²) in [6.07, 6.45) is 3.02. The van der Waals surface area contributed by atoms with E-state index < -0.39 is 0 Å². The fraction of sp³-hybridized carbons (Fsp3) is 0.444. The van der Waals surface area contributed by atoms with Gasteiger partial charge in [0.1, 0.15) is 0 Å². The Balaban J connectivity index is 1.68. The van der Waals surface area contributed by atoms with Crippen LogP contribution in [-0.2, 0) is 13.1 Å². The Morgan fingerprint density at radius 3 is 2.83 bits per heavy atom. The third-order valence-electron chi connectivity index (χ3n) is 4.49. The highest BCUT2D eigenvalue weighted by Crippen LogP contribution is 2.24. The summed E-state index contributed by atoms with van der Waals surface area (Å²) >= 11 is 0. The minimum absolute atomic E-state index is 0.0194. The molecule has 1 aromatic carbocycles. The molecule has 128 valence electrons. The van der Waals surface area contributed by atoms with Crippen molar-refractivity contribution >= 4 is 17.4 Å². The zero-order valence-corrected chi connectivity index (χ0v) is 14.6. The van der Waals surface area contributed by atoms with Crippen molar-refractivity contribution in [3.8, 4) is 0 Å². The lowest BCUT2D eigenvalue weighted by Crippen LogP contribution is -2.27. The number of aryl methyl sites for hydroxylation is 2. The quantitative estimate of drug-likeness (QED) is 0.857. The molecular formula is C18H25N5O. The first-order valence-electron chi connectivity index (χ1n) is 8.51. The van der Waals surface area contributed by atoms with Crippen molar-refractivity contribution in [3.63, 3.8) is 0 Å². The number of carbonyl (C=O) groups is 1. The van der Waals surface area contributed by atoms with Crippen molar-refractivity contribution < 1.29 is 4.79 Å². The van der Waals surface area contributed by atoms with Crippen LogP contribution in [0.5, 0.6) is 0 Å². The van der Waals surface area contributed by atoms with Crippen LogP contribution in [-0.4, -0.2) is 28.9 Å². The van der Waals surface area contributed by atoms with Crippen molar-refractivity contribution in [1.82, 2.24) is 15.1 Å². The number of nitrogens with one attached hydrogen (secondary N) is 2. The molecule has 0 unspecified atom stereocenters. The molecule has 24 heavy (non-hydrogen) atoms. The van der Waals surface area contributed by atoms with Crippen molar-refractivity contribution in [1.29, 1.82) is 0 Å². The Kier molecular flexibility index (Phi) is 4.74. The Hall–Kier alpha value is -2.50. The van der Waals surface area contributed by atoms with Crippen molar-refractivity contribution in [2.45, 2.75) is 40.3 Å². The molecule has 3 rings (SSSR count). The lowest BCUT2D eigenvalue weighted by Gasteiger charge is -2.17. The Morgan fingerprint density at radius 2 is 2.17 bits per heavy atom. The number of benzene rings is 1. The number of carbonyl (C=O) groups excluding carboxylic acids is 1. The fourth-order valence-corrected chi connectivity index (χ4v) is 3.02. The van der Waals surface area contributed by atoms with Crippen molar-refractivity contribution in [3.05, 3.63) is 41.2 Å². The lowest BCUT2D eigenvalue weighted by molar-refractivity contribution is 0.252. The van der Waals surface area contributed by atoms with E-state index in [-0.39, 0.29) is 6.03 Å². The van der Waals surface area contributed by atoms with Crippen LogP contribution in [0.3, 0.4) is 0 Å². The highest BCUT2D eigenvalue weighted by molar-refractivity contribution is 5.94. The fourth-order valence-electron chi connectivity index (χ4n) is 3.02. The number of urea groups is 1. The minimum Gasteiger partial charge on any atom is -0.381 e. The van der Waals surface area contributed by atoms with E-state index in [0.29, 0.717) is 6.54 Å². The van der Waals surface area contributed by atoms with Gasteiger partial charge in [-0.15, -0.1) is 0 Å². The van der Waals surface area contributed by atoms with Crippen LogP contribution in [0.2, 0.25) is 0 Å². The largest absolute Gasteiger partial charge is 0.381 e. The minimum atomic E-state index is -0.0194. The Bertz CT molecular complexity index is 737. The van der Waals surface area contributed by atoms with E-state index in [1.54, 1.807) is 4.90 Å². The molecule has 1 aliphatic heterocycles.